The highest BCUT2D eigenvalue weighted by Crippen LogP contribution is 2.12. The Hall–Kier alpha value is -1.19. The van der Waals surface area contributed by atoms with Crippen LogP contribution in [0.2, 0.25) is 0 Å². The van der Waals surface area contributed by atoms with Gasteiger partial charge in [0.15, 0.2) is 5.78 Å². The van der Waals surface area contributed by atoms with Crippen LogP contribution in [0.5, 0.6) is 0 Å². The van der Waals surface area contributed by atoms with Crippen molar-refractivity contribution < 1.29 is 9.90 Å². The van der Waals surface area contributed by atoms with E-state index >= 15 is 0 Å². The van der Waals surface area contributed by atoms with Gasteiger partial charge in [-0.2, -0.15) is 0 Å². The van der Waals surface area contributed by atoms with Crippen LogP contribution in [0.3, 0.4) is 0 Å². The van der Waals surface area contributed by atoms with Crippen LogP contribution >= 0.6 is 0 Å². The van der Waals surface area contributed by atoms with Crippen molar-refractivity contribution in [2.45, 2.75) is 33.2 Å². The van der Waals surface area contributed by atoms with Gasteiger partial charge in [0.25, 0.3) is 0 Å². The summed E-state index contributed by atoms with van der Waals surface area (Å²) in [6, 6.07) is 9.83. The average molecular weight is 263 g/mol. The minimum absolute atomic E-state index is 0.0245. The van der Waals surface area contributed by atoms with Crippen LogP contribution in [0.4, 0.5) is 0 Å². The van der Waals surface area contributed by atoms with Crippen LogP contribution in [-0.4, -0.2) is 41.5 Å². The van der Waals surface area contributed by atoms with Crippen LogP contribution in [-0.2, 0) is 0 Å². The fourth-order valence-electron chi connectivity index (χ4n) is 2.16. The molecule has 0 aliphatic carbocycles. The van der Waals surface area contributed by atoms with Crippen molar-refractivity contribution in [1.82, 2.24) is 4.90 Å². The standard InChI is InChI=1S/C16H25NO2/c1-13(2)17(10-7-11-18)12-14(3)16(19)15-8-5-4-6-9-15/h4-6,8-9,13-14,18H,7,10-12H2,1-3H3. The quantitative estimate of drug-likeness (QED) is 0.733. The summed E-state index contributed by atoms with van der Waals surface area (Å²) < 4.78 is 0. The zero-order chi connectivity index (χ0) is 14.3. The number of aliphatic hydroxyl groups is 1. The first-order valence-electron chi connectivity index (χ1n) is 7.00. The smallest absolute Gasteiger partial charge is 0.166 e. The Labute approximate surface area is 116 Å². The molecule has 0 saturated heterocycles. The molecule has 1 atom stereocenters. The average Bonchev–Trinajstić information content (AvgIpc) is 2.43. The molecule has 3 heteroatoms. The first-order chi connectivity index (χ1) is 9.06. The molecule has 0 aliphatic rings. The number of carbonyl (C=O) groups is 1. The summed E-state index contributed by atoms with van der Waals surface area (Å²) >= 11 is 0. The lowest BCUT2D eigenvalue weighted by Crippen LogP contribution is -2.38. The van der Waals surface area contributed by atoms with Crippen LogP contribution in [0.25, 0.3) is 0 Å². The Bertz CT molecular complexity index is 376. The molecule has 1 aromatic carbocycles. The largest absolute Gasteiger partial charge is 0.396 e. The van der Waals surface area contributed by atoms with Crippen LogP contribution in [0.1, 0.15) is 37.6 Å². The van der Waals surface area contributed by atoms with Crippen molar-refractivity contribution >= 4 is 5.78 Å². The van der Waals surface area contributed by atoms with Gasteiger partial charge in [-0.1, -0.05) is 37.3 Å². The van der Waals surface area contributed by atoms with Gasteiger partial charge in [-0.25, -0.2) is 0 Å². The summed E-state index contributed by atoms with van der Waals surface area (Å²) in [6.45, 7) is 7.99. The van der Waals surface area contributed by atoms with Gasteiger partial charge >= 0.3 is 0 Å². The number of ketones is 1. The van der Waals surface area contributed by atoms with Gasteiger partial charge in [0, 0.05) is 37.2 Å². The monoisotopic (exact) mass is 263 g/mol. The number of benzene rings is 1. The zero-order valence-electron chi connectivity index (χ0n) is 12.2. The summed E-state index contributed by atoms with van der Waals surface area (Å²) in [4.78, 5) is 14.6. The molecule has 0 fully saturated rings. The van der Waals surface area contributed by atoms with Gasteiger partial charge < -0.3 is 10.0 Å². The van der Waals surface area contributed by atoms with E-state index in [0.717, 1.165) is 25.1 Å². The molecule has 1 N–H and O–H groups in total. The Morgan fingerprint density at radius 2 is 1.84 bits per heavy atom. The minimum Gasteiger partial charge on any atom is -0.396 e. The van der Waals surface area contributed by atoms with E-state index in [0.29, 0.717) is 6.04 Å². The minimum atomic E-state index is -0.0245. The first kappa shape index (κ1) is 15.9. The fraction of sp³-hybridized carbons (Fsp3) is 0.562. The Morgan fingerprint density at radius 1 is 1.21 bits per heavy atom. The Morgan fingerprint density at radius 3 is 2.37 bits per heavy atom. The molecule has 0 heterocycles. The summed E-state index contributed by atoms with van der Waals surface area (Å²) in [5.74, 6) is 0.166. The molecule has 0 aliphatic heterocycles. The maximum atomic E-state index is 12.3. The van der Waals surface area contributed by atoms with E-state index < -0.39 is 0 Å². The number of nitrogens with zero attached hydrogens (tertiary/aromatic N) is 1. The maximum Gasteiger partial charge on any atom is 0.166 e. The number of rotatable bonds is 8. The van der Waals surface area contributed by atoms with Crippen LogP contribution in [0.15, 0.2) is 30.3 Å². The van der Waals surface area contributed by atoms with E-state index in [4.69, 9.17) is 5.11 Å². The van der Waals surface area contributed by atoms with E-state index in [1.807, 2.05) is 37.3 Å². The molecule has 106 valence electrons. The topological polar surface area (TPSA) is 40.5 Å². The molecule has 1 aromatic rings. The van der Waals surface area contributed by atoms with Gasteiger partial charge in [-0.3, -0.25) is 4.79 Å². The molecule has 0 spiro atoms. The van der Waals surface area contributed by atoms with E-state index in [2.05, 4.69) is 18.7 Å². The SMILES string of the molecule is CC(CN(CCCO)C(C)C)C(=O)c1ccccc1. The molecule has 1 rings (SSSR count). The molecule has 0 amide bonds. The second-order valence-electron chi connectivity index (χ2n) is 5.30. The lowest BCUT2D eigenvalue weighted by atomic mass is 9.98. The second-order valence-corrected chi connectivity index (χ2v) is 5.30. The molecule has 0 radical (unpaired) electrons. The number of aliphatic hydroxyl groups excluding tert-OH is 1. The summed E-state index contributed by atoms with van der Waals surface area (Å²) in [6.07, 6.45) is 0.754. The van der Waals surface area contributed by atoms with Crippen molar-refractivity contribution in [1.29, 1.82) is 0 Å². The third-order valence-corrected chi connectivity index (χ3v) is 3.35. The zero-order valence-corrected chi connectivity index (χ0v) is 12.2. The maximum absolute atomic E-state index is 12.3. The van der Waals surface area contributed by atoms with Gasteiger partial charge in [0.2, 0.25) is 0 Å². The number of hydrogen-bond acceptors (Lipinski definition) is 3. The van der Waals surface area contributed by atoms with Crippen molar-refractivity contribution in [3.8, 4) is 0 Å². The van der Waals surface area contributed by atoms with Crippen LogP contribution in [0, 0.1) is 5.92 Å². The highest BCUT2D eigenvalue weighted by atomic mass is 16.3. The predicted molar refractivity (Wildman–Crippen MR) is 78.3 cm³/mol. The molecule has 19 heavy (non-hydrogen) atoms. The van der Waals surface area contributed by atoms with Gasteiger partial charge in [0.05, 0.1) is 0 Å². The van der Waals surface area contributed by atoms with Crippen LogP contribution < -0.4 is 0 Å². The van der Waals surface area contributed by atoms with E-state index in [1.54, 1.807) is 0 Å². The molecule has 3 nitrogen and oxygen atoms in total. The normalized spacial score (nSPS) is 12.9. The van der Waals surface area contributed by atoms with Gasteiger partial charge in [-0.15, -0.1) is 0 Å². The molecule has 0 aromatic heterocycles. The Balaban J connectivity index is 2.61. The summed E-state index contributed by atoms with van der Waals surface area (Å²) in [7, 11) is 0. The second kappa shape index (κ2) is 8.08. The van der Waals surface area contributed by atoms with Crippen molar-refractivity contribution in [3.63, 3.8) is 0 Å². The Kier molecular flexibility index (Phi) is 6.74. The number of carbonyl (C=O) groups excluding carboxylic acids is 1. The number of hydrogen-bond donors (Lipinski definition) is 1. The highest BCUT2D eigenvalue weighted by Gasteiger charge is 2.19. The van der Waals surface area contributed by atoms with Gasteiger partial charge in [-0.05, 0) is 20.3 Å². The van der Waals surface area contributed by atoms with Crippen molar-refractivity contribution in [2.24, 2.45) is 5.92 Å². The summed E-state index contributed by atoms with van der Waals surface area (Å²) in [5.41, 5.74) is 0.779. The van der Waals surface area contributed by atoms with E-state index in [-0.39, 0.29) is 18.3 Å². The lowest BCUT2D eigenvalue weighted by Gasteiger charge is -2.28. The fourth-order valence-corrected chi connectivity index (χ4v) is 2.16. The summed E-state index contributed by atoms with van der Waals surface area (Å²) in [5, 5.41) is 8.92. The molecule has 0 saturated carbocycles. The molecular weight excluding hydrogens is 238 g/mol. The third kappa shape index (κ3) is 5.13. The number of Topliss-reactive ketones (excluding diaryl/α,β-unsaturated/α-hetero) is 1. The van der Waals surface area contributed by atoms with E-state index in [9.17, 15) is 4.79 Å². The molecular formula is C16H25NO2. The predicted octanol–water partition coefficient (Wildman–Crippen LogP) is 2.60. The lowest BCUT2D eigenvalue weighted by molar-refractivity contribution is 0.0872. The first-order valence-corrected chi connectivity index (χ1v) is 7.00. The molecule has 1 unspecified atom stereocenters. The van der Waals surface area contributed by atoms with Crippen molar-refractivity contribution in [2.75, 3.05) is 19.7 Å². The highest BCUT2D eigenvalue weighted by molar-refractivity contribution is 5.97. The third-order valence-electron chi connectivity index (χ3n) is 3.35. The molecule has 0 bridgehead atoms. The van der Waals surface area contributed by atoms with E-state index in [1.165, 1.54) is 0 Å². The van der Waals surface area contributed by atoms with Gasteiger partial charge in [0.1, 0.15) is 0 Å². The van der Waals surface area contributed by atoms with Crippen molar-refractivity contribution in [3.05, 3.63) is 35.9 Å².